The molecule has 144 valence electrons. The Kier molecular flexibility index (Phi) is 13.1. The van der Waals surface area contributed by atoms with Gasteiger partial charge in [-0.05, 0) is 39.8 Å². The first kappa shape index (κ1) is 23.9. The molecule has 0 aromatic carbocycles. The number of hydrogen-bond acceptors (Lipinski definition) is 4. The molecule has 0 aromatic rings. The lowest BCUT2D eigenvalue weighted by Gasteiger charge is -2.28. The fourth-order valence-corrected chi connectivity index (χ4v) is 3.10. The number of rotatable bonds is 10. The first-order valence-electron chi connectivity index (χ1n) is 9.05. The molecule has 24 heavy (non-hydrogen) atoms. The van der Waals surface area contributed by atoms with E-state index in [1.54, 1.807) is 0 Å². The zero-order chi connectivity index (χ0) is 17.1. The van der Waals surface area contributed by atoms with Crippen molar-refractivity contribution in [1.82, 2.24) is 15.5 Å². The molecule has 2 unspecified atom stereocenters. The molecule has 7 heteroatoms. The Hall–Kier alpha value is -0.120. The third-order valence-electron chi connectivity index (χ3n) is 4.74. The van der Waals surface area contributed by atoms with Crippen LogP contribution in [-0.2, 0) is 4.74 Å². The summed E-state index contributed by atoms with van der Waals surface area (Å²) in [6.45, 7) is 14.9. The van der Waals surface area contributed by atoms with E-state index < -0.39 is 0 Å². The number of guanidine groups is 1. The van der Waals surface area contributed by atoms with Crippen LogP contribution < -0.4 is 10.6 Å². The molecule has 0 spiro atoms. The molecule has 0 saturated carbocycles. The lowest BCUT2D eigenvalue weighted by atomic mass is 9.84. The summed E-state index contributed by atoms with van der Waals surface area (Å²) in [4.78, 5) is 7.18. The van der Waals surface area contributed by atoms with Gasteiger partial charge in [0.1, 0.15) is 0 Å². The van der Waals surface area contributed by atoms with Crippen LogP contribution in [0.5, 0.6) is 0 Å². The van der Waals surface area contributed by atoms with Crippen LogP contribution in [0.2, 0.25) is 0 Å². The van der Waals surface area contributed by atoms with Crippen molar-refractivity contribution in [3.05, 3.63) is 0 Å². The van der Waals surface area contributed by atoms with E-state index in [2.05, 4.69) is 43.2 Å². The van der Waals surface area contributed by atoms with Gasteiger partial charge in [-0.25, -0.2) is 0 Å². The molecule has 0 aromatic heterocycles. The van der Waals surface area contributed by atoms with Gasteiger partial charge in [0.2, 0.25) is 0 Å². The van der Waals surface area contributed by atoms with Crippen LogP contribution in [0.15, 0.2) is 4.99 Å². The number of hydrogen-bond donors (Lipinski definition) is 3. The van der Waals surface area contributed by atoms with Gasteiger partial charge in [0.05, 0.1) is 13.2 Å². The molecule has 0 amide bonds. The Bertz CT molecular complexity index is 345. The Morgan fingerprint density at radius 2 is 2.00 bits per heavy atom. The first-order chi connectivity index (χ1) is 11.1. The lowest BCUT2D eigenvalue weighted by Crippen LogP contribution is -2.46. The van der Waals surface area contributed by atoms with E-state index in [0.29, 0.717) is 19.2 Å². The maximum absolute atomic E-state index is 9.31. The Morgan fingerprint density at radius 3 is 2.50 bits per heavy atom. The monoisotopic (exact) mass is 456 g/mol. The van der Waals surface area contributed by atoms with Crippen LogP contribution >= 0.6 is 24.0 Å². The number of likely N-dealkylation sites (N-methyl/N-ethyl adjacent to an activating group) is 1. The van der Waals surface area contributed by atoms with Gasteiger partial charge in [0.25, 0.3) is 0 Å². The van der Waals surface area contributed by atoms with Gasteiger partial charge in [-0.3, -0.25) is 9.89 Å². The number of nitrogens with one attached hydrogen (secondary N) is 2. The standard InChI is InChI=1S/C17H36N4O2.HI/c1-5-18-16(19-12-15(4)21(6-2)7-3)20-13-17(8-10-22)9-11-23-14-17;/h15,22H,5-14H2,1-4H3,(H2,18,19,20);1H. The lowest BCUT2D eigenvalue weighted by molar-refractivity contribution is 0.131. The smallest absolute Gasteiger partial charge is 0.191 e. The molecule has 0 aliphatic carbocycles. The fraction of sp³-hybridized carbons (Fsp3) is 0.941. The summed E-state index contributed by atoms with van der Waals surface area (Å²) in [5, 5.41) is 16.1. The van der Waals surface area contributed by atoms with E-state index in [1.807, 2.05) is 0 Å². The summed E-state index contributed by atoms with van der Waals surface area (Å²) < 4.78 is 5.54. The maximum Gasteiger partial charge on any atom is 0.191 e. The predicted molar refractivity (Wildman–Crippen MR) is 111 cm³/mol. The Balaban J connectivity index is 0.00000529. The Morgan fingerprint density at radius 1 is 1.29 bits per heavy atom. The highest BCUT2D eigenvalue weighted by atomic mass is 127. The summed E-state index contributed by atoms with van der Waals surface area (Å²) in [7, 11) is 0. The van der Waals surface area contributed by atoms with Crippen molar-refractivity contribution < 1.29 is 9.84 Å². The molecule has 1 saturated heterocycles. The van der Waals surface area contributed by atoms with Crippen LogP contribution in [-0.4, -0.2) is 74.6 Å². The second-order valence-corrected chi connectivity index (χ2v) is 6.42. The van der Waals surface area contributed by atoms with Crippen molar-refractivity contribution in [2.24, 2.45) is 10.4 Å². The quantitative estimate of drug-likeness (QED) is 0.265. The van der Waals surface area contributed by atoms with Crippen LogP contribution in [0.1, 0.15) is 40.5 Å². The van der Waals surface area contributed by atoms with Crippen LogP contribution in [0, 0.1) is 5.41 Å². The fourth-order valence-electron chi connectivity index (χ4n) is 3.10. The summed E-state index contributed by atoms with van der Waals surface area (Å²) in [6.07, 6.45) is 1.73. The zero-order valence-corrected chi connectivity index (χ0v) is 18.1. The average Bonchev–Trinajstić information content (AvgIpc) is 3.00. The third kappa shape index (κ3) is 7.84. The second-order valence-electron chi connectivity index (χ2n) is 6.42. The zero-order valence-electron chi connectivity index (χ0n) is 15.8. The molecule has 0 bridgehead atoms. The van der Waals surface area contributed by atoms with E-state index >= 15 is 0 Å². The number of halogens is 1. The van der Waals surface area contributed by atoms with Gasteiger partial charge in [0.15, 0.2) is 5.96 Å². The van der Waals surface area contributed by atoms with E-state index in [9.17, 15) is 5.11 Å². The largest absolute Gasteiger partial charge is 0.396 e. The van der Waals surface area contributed by atoms with E-state index in [1.165, 1.54) is 0 Å². The second kappa shape index (κ2) is 13.1. The molecule has 1 heterocycles. The number of ether oxygens (including phenoxy) is 1. The van der Waals surface area contributed by atoms with Gasteiger partial charge in [-0.1, -0.05) is 13.8 Å². The van der Waals surface area contributed by atoms with E-state index in [4.69, 9.17) is 9.73 Å². The van der Waals surface area contributed by atoms with Gasteiger partial charge < -0.3 is 20.5 Å². The van der Waals surface area contributed by atoms with Crippen LogP contribution in [0.3, 0.4) is 0 Å². The molecule has 1 aliphatic rings. The van der Waals surface area contributed by atoms with Crippen molar-refractivity contribution in [3.8, 4) is 0 Å². The number of aliphatic imine (C=N–C) groups is 1. The number of nitrogens with zero attached hydrogens (tertiary/aromatic N) is 2. The van der Waals surface area contributed by atoms with Crippen molar-refractivity contribution in [3.63, 3.8) is 0 Å². The molecular formula is C17H37IN4O2. The summed E-state index contributed by atoms with van der Waals surface area (Å²) in [5.41, 5.74) is 0.00158. The molecular weight excluding hydrogens is 419 g/mol. The topological polar surface area (TPSA) is 69.1 Å². The van der Waals surface area contributed by atoms with Crippen molar-refractivity contribution in [2.75, 3.05) is 52.5 Å². The van der Waals surface area contributed by atoms with Crippen molar-refractivity contribution in [2.45, 2.75) is 46.6 Å². The van der Waals surface area contributed by atoms with E-state index in [-0.39, 0.29) is 36.0 Å². The highest BCUT2D eigenvalue weighted by molar-refractivity contribution is 14.0. The van der Waals surface area contributed by atoms with Gasteiger partial charge in [-0.15, -0.1) is 24.0 Å². The number of aliphatic hydroxyl groups excluding tert-OH is 1. The third-order valence-corrected chi connectivity index (χ3v) is 4.74. The summed E-state index contributed by atoms with van der Waals surface area (Å²) >= 11 is 0. The minimum absolute atomic E-state index is 0. The predicted octanol–water partition coefficient (Wildman–Crippen LogP) is 1.68. The highest BCUT2D eigenvalue weighted by Crippen LogP contribution is 2.32. The van der Waals surface area contributed by atoms with Gasteiger partial charge in [-0.2, -0.15) is 0 Å². The molecule has 3 N–H and O–H groups in total. The SMILES string of the molecule is CCNC(=NCC1(CCO)CCOC1)NCC(C)N(CC)CC.I. The normalized spacial score (nSPS) is 22.3. The molecule has 1 aliphatic heterocycles. The van der Waals surface area contributed by atoms with E-state index in [0.717, 1.165) is 51.6 Å². The average molecular weight is 456 g/mol. The van der Waals surface area contributed by atoms with Gasteiger partial charge >= 0.3 is 0 Å². The Labute approximate surface area is 164 Å². The van der Waals surface area contributed by atoms with Crippen LogP contribution in [0.25, 0.3) is 0 Å². The van der Waals surface area contributed by atoms with Crippen molar-refractivity contribution >= 4 is 29.9 Å². The molecule has 1 rings (SSSR count). The maximum atomic E-state index is 9.31. The molecule has 0 radical (unpaired) electrons. The highest BCUT2D eigenvalue weighted by Gasteiger charge is 2.34. The summed E-state index contributed by atoms with van der Waals surface area (Å²) in [5.74, 6) is 0.857. The molecule has 6 nitrogen and oxygen atoms in total. The molecule has 2 atom stereocenters. The summed E-state index contributed by atoms with van der Waals surface area (Å²) in [6, 6.07) is 0.468. The van der Waals surface area contributed by atoms with Crippen LogP contribution in [0.4, 0.5) is 0 Å². The minimum Gasteiger partial charge on any atom is -0.396 e. The molecule has 1 fully saturated rings. The number of aliphatic hydroxyl groups is 1. The minimum atomic E-state index is 0. The van der Waals surface area contributed by atoms with Gasteiger partial charge in [0, 0.05) is 37.8 Å². The first-order valence-corrected chi connectivity index (χ1v) is 9.05. The van der Waals surface area contributed by atoms with Crippen molar-refractivity contribution in [1.29, 1.82) is 0 Å².